The second-order valence-electron chi connectivity index (χ2n) is 5.17. The highest BCUT2D eigenvalue weighted by Gasteiger charge is 2.29. The third-order valence-electron chi connectivity index (χ3n) is 3.69. The summed E-state index contributed by atoms with van der Waals surface area (Å²) >= 11 is 0. The lowest BCUT2D eigenvalue weighted by molar-refractivity contribution is 0.358. The van der Waals surface area contributed by atoms with Crippen LogP contribution in [-0.4, -0.2) is 48.7 Å². The van der Waals surface area contributed by atoms with Gasteiger partial charge >= 0.3 is 0 Å². The lowest BCUT2D eigenvalue weighted by Crippen LogP contribution is -2.46. The van der Waals surface area contributed by atoms with E-state index in [1.54, 1.807) is 19.1 Å². The molecule has 1 fully saturated rings. The molecule has 22 heavy (non-hydrogen) atoms. The number of piperazine rings is 1. The molecule has 1 N–H and O–H groups in total. The Morgan fingerprint density at radius 2 is 1.95 bits per heavy atom. The third-order valence-corrected chi connectivity index (χ3v) is 5.57. The van der Waals surface area contributed by atoms with Gasteiger partial charge in [0.1, 0.15) is 5.82 Å². The summed E-state index contributed by atoms with van der Waals surface area (Å²) in [6, 6.07) is 5.99. The number of rotatable bonds is 3. The van der Waals surface area contributed by atoms with Crippen LogP contribution in [0.5, 0.6) is 0 Å². The van der Waals surface area contributed by atoms with E-state index in [9.17, 15) is 12.8 Å². The Hall–Kier alpha value is -1.77. The number of aryl methyl sites for hydroxylation is 1. The zero-order chi connectivity index (χ0) is 15.7. The fourth-order valence-corrected chi connectivity index (χ4v) is 3.94. The molecule has 0 bridgehead atoms. The van der Waals surface area contributed by atoms with E-state index in [1.165, 1.54) is 27.3 Å². The van der Waals surface area contributed by atoms with Gasteiger partial charge in [-0.2, -0.15) is 9.40 Å². The predicted octanol–water partition coefficient (Wildman–Crippen LogP) is 0.914. The van der Waals surface area contributed by atoms with E-state index in [4.69, 9.17) is 0 Å². The Morgan fingerprint density at radius 1 is 1.23 bits per heavy atom. The number of benzene rings is 1. The number of halogens is 1. The molecule has 0 spiro atoms. The second kappa shape index (κ2) is 5.79. The lowest BCUT2D eigenvalue weighted by Gasteiger charge is -2.26. The van der Waals surface area contributed by atoms with E-state index in [2.05, 4.69) is 10.4 Å². The van der Waals surface area contributed by atoms with Gasteiger partial charge in [-0.3, -0.25) is 0 Å². The van der Waals surface area contributed by atoms with E-state index >= 15 is 0 Å². The first-order chi connectivity index (χ1) is 10.5. The van der Waals surface area contributed by atoms with Crippen LogP contribution < -0.4 is 5.32 Å². The standard InChI is InChI=1S/C14H17FN4O2S/c1-11-2-3-12(10-13(11)15)19-14(4-5-17-19)22(20,21)18-8-6-16-7-9-18/h2-5,10,16H,6-9H2,1H3. The summed E-state index contributed by atoms with van der Waals surface area (Å²) in [7, 11) is -3.65. The highest BCUT2D eigenvalue weighted by molar-refractivity contribution is 7.89. The summed E-state index contributed by atoms with van der Waals surface area (Å²) in [5, 5.41) is 7.21. The molecule has 8 heteroatoms. The van der Waals surface area contributed by atoms with Crippen LogP contribution in [-0.2, 0) is 10.0 Å². The maximum absolute atomic E-state index is 13.7. The van der Waals surface area contributed by atoms with Crippen molar-refractivity contribution >= 4 is 10.0 Å². The van der Waals surface area contributed by atoms with Crippen molar-refractivity contribution in [1.29, 1.82) is 0 Å². The van der Waals surface area contributed by atoms with Crippen LogP contribution in [0.1, 0.15) is 5.56 Å². The largest absolute Gasteiger partial charge is 0.314 e. The minimum Gasteiger partial charge on any atom is -0.314 e. The number of nitrogens with one attached hydrogen (secondary N) is 1. The van der Waals surface area contributed by atoms with Crippen LogP contribution in [0.15, 0.2) is 35.5 Å². The Kier molecular flexibility index (Phi) is 3.98. The van der Waals surface area contributed by atoms with Crippen LogP contribution in [0.2, 0.25) is 0 Å². The van der Waals surface area contributed by atoms with E-state index in [-0.39, 0.29) is 5.03 Å². The fraction of sp³-hybridized carbons (Fsp3) is 0.357. The van der Waals surface area contributed by atoms with Gasteiger partial charge in [-0.1, -0.05) is 6.07 Å². The van der Waals surface area contributed by atoms with E-state index < -0.39 is 15.8 Å². The second-order valence-corrected chi connectivity index (χ2v) is 7.05. The molecule has 1 aromatic heterocycles. The van der Waals surface area contributed by atoms with Crippen molar-refractivity contribution in [3.8, 4) is 5.69 Å². The quantitative estimate of drug-likeness (QED) is 0.911. The summed E-state index contributed by atoms with van der Waals surface area (Å²) in [4.78, 5) is 0. The normalized spacial score (nSPS) is 16.8. The maximum atomic E-state index is 13.7. The van der Waals surface area contributed by atoms with Crippen molar-refractivity contribution < 1.29 is 12.8 Å². The Labute approximate surface area is 128 Å². The number of hydrogen-bond acceptors (Lipinski definition) is 4. The molecular weight excluding hydrogens is 307 g/mol. The molecule has 1 aliphatic heterocycles. The van der Waals surface area contributed by atoms with Gasteiger partial charge in [-0.15, -0.1) is 0 Å². The van der Waals surface area contributed by atoms with Gasteiger partial charge in [-0.25, -0.2) is 17.5 Å². The van der Waals surface area contributed by atoms with E-state index in [1.807, 2.05) is 0 Å². The molecule has 1 saturated heterocycles. The van der Waals surface area contributed by atoms with Crippen LogP contribution in [0, 0.1) is 12.7 Å². The molecule has 0 amide bonds. The van der Waals surface area contributed by atoms with Gasteiger partial charge in [0.25, 0.3) is 10.0 Å². The molecule has 0 saturated carbocycles. The molecule has 0 atom stereocenters. The summed E-state index contributed by atoms with van der Waals surface area (Å²) in [6.07, 6.45) is 1.41. The smallest absolute Gasteiger partial charge is 0.260 e. The van der Waals surface area contributed by atoms with Gasteiger partial charge in [0.05, 0.1) is 11.9 Å². The molecule has 2 aromatic rings. The first-order valence-electron chi connectivity index (χ1n) is 7.01. The Balaban J connectivity index is 2.02. The van der Waals surface area contributed by atoms with Gasteiger partial charge in [0.2, 0.25) is 0 Å². The first kappa shape index (κ1) is 15.1. The lowest BCUT2D eigenvalue weighted by atomic mass is 10.2. The Bertz CT molecular complexity index is 782. The topological polar surface area (TPSA) is 67.2 Å². The van der Waals surface area contributed by atoms with Crippen molar-refractivity contribution in [3.05, 3.63) is 41.8 Å². The van der Waals surface area contributed by atoms with Crippen molar-refractivity contribution in [3.63, 3.8) is 0 Å². The van der Waals surface area contributed by atoms with Crippen molar-refractivity contribution in [2.75, 3.05) is 26.2 Å². The fourth-order valence-electron chi connectivity index (χ4n) is 2.41. The molecule has 0 unspecified atom stereocenters. The monoisotopic (exact) mass is 324 g/mol. The van der Waals surface area contributed by atoms with Gasteiger partial charge in [0, 0.05) is 26.2 Å². The van der Waals surface area contributed by atoms with Crippen LogP contribution >= 0.6 is 0 Å². The summed E-state index contributed by atoms with van der Waals surface area (Å²) in [5.74, 6) is -0.390. The molecular formula is C14H17FN4O2S. The minimum absolute atomic E-state index is 0.0534. The number of nitrogens with zero attached hydrogens (tertiary/aromatic N) is 3. The predicted molar refractivity (Wildman–Crippen MR) is 79.9 cm³/mol. The zero-order valence-corrected chi connectivity index (χ0v) is 13.0. The zero-order valence-electron chi connectivity index (χ0n) is 12.2. The van der Waals surface area contributed by atoms with Gasteiger partial charge in [0.15, 0.2) is 5.03 Å². The molecule has 2 heterocycles. The van der Waals surface area contributed by atoms with E-state index in [0.29, 0.717) is 37.4 Å². The molecule has 118 valence electrons. The van der Waals surface area contributed by atoms with Crippen LogP contribution in [0.4, 0.5) is 4.39 Å². The molecule has 1 aromatic carbocycles. The molecule has 0 aliphatic carbocycles. The summed E-state index contributed by atoms with van der Waals surface area (Å²) < 4.78 is 41.9. The maximum Gasteiger partial charge on any atom is 0.260 e. The highest BCUT2D eigenvalue weighted by atomic mass is 32.2. The summed E-state index contributed by atoms with van der Waals surface area (Å²) in [6.45, 7) is 3.71. The first-order valence-corrected chi connectivity index (χ1v) is 8.45. The van der Waals surface area contributed by atoms with Gasteiger partial charge in [-0.05, 0) is 30.7 Å². The van der Waals surface area contributed by atoms with Crippen molar-refractivity contribution in [2.24, 2.45) is 0 Å². The van der Waals surface area contributed by atoms with E-state index in [0.717, 1.165) is 0 Å². The molecule has 1 aliphatic rings. The number of sulfonamides is 1. The van der Waals surface area contributed by atoms with Crippen molar-refractivity contribution in [2.45, 2.75) is 11.9 Å². The molecule has 0 radical (unpaired) electrons. The molecule has 3 rings (SSSR count). The van der Waals surface area contributed by atoms with Crippen LogP contribution in [0.3, 0.4) is 0 Å². The SMILES string of the molecule is Cc1ccc(-n2nccc2S(=O)(=O)N2CCNCC2)cc1F. The number of aromatic nitrogens is 2. The third kappa shape index (κ3) is 2.65. The highest BCUT2D eigenvalue weighted by Crippen LogP contribution is 2.21. The van der Waals surface area contributed by atoms with Gasteiger partial charge < -0.3 is 5.32 Å². The van der Waals surface area contributed by atoms with Crippen LogP contribution in [0.25, 0.3) is 5.69 Å². The Morgan fingerprint density at radius 3 is 2.64 bits per heavy atom. The van der Waals surface area contributed by atoms with Crippen molar-refractivity contribution in [1.82, 2.24) is 19.4 Å². The average molecular weight is 324 g/mol. The summed E-state index contributed by atoms with van der Waals surface area (Å²) in [5.41, 5.74) is 0.893. The molecule has 6 nitrogen and oxygen atoms in total. The number of hydrogen-bond donors (Lipinski definition) is 1. The minimum atomic E-state index is -3.65. The average Bonchev–Trinajstić information content (AvgIpc) is 3.01.